The average Bonchev–Trinajstić information content (AvgIpc) is 3.13. The summed E-state index contributed by atoms with van der Waals surface area (Å²) in [5, 5.41) is 3.77. The molecule has 2 aliphatic heterocycles. The average molecular weight is 758 g/mol. The third kappa shape index (κ3) is 11.0. The Bertz CT molecular complexity index is 1690. The van der Waals surface area contributed by atoms with Crippen LogP contribution in [-0.2, 0) is 66.5 Å². The highest BCUT2D eigenvalue weighted by atomic mass is 16.8. The molecule has 2 heterocycles. The van der Waals surface area contributed by atoms with Crippen molar-refractivity contribution in [3.63, 3.8) is 0 Å². The van der Waals surface area contributed by atoms with Crippen LogP contribution in [0.5, 0.6) is 0 Å². The summed E-state index contributed by atoms with van der Waals surface area (Å²) in [7, 11) is 1.23. The first-order chi connectivity index (χ1) is 25.8. The van der Waals surface area contributed by atoms with Crippen molar-refractivity contribution in [2.24, 2.45) is 5.11 Å². The van der Waals surface area contributed by atoms with Crippen molar-refractivity contribution in [3.05, 3.63) is 82.2 Å². The lowest BCUT2D eigenvalue weighted by atomic mass is 9.95. The molecule has 0 spiro atoms. The van der Waals surface area contributed by atoms with Gasteiger partial charge in [0.1, 0.15) is 43.7 Å². The third-order valence-electron chi connectivity index (χ3n) is 7.91. The van der Waals surface area contributed by atoms with Crippen LogP contribution in [0.4, 0.5) is 0 Å². The number of rotatable bonds is 14. The van der Waals surface area contributed by atoms with Gasteiger partial charge in [0, 0.05) is 39.7 Å². The minimum atomic E-state index is -1.81. The van der Waals surface area contributed by atoms with Crippen LogP contribution in [-0.4, -0.2) is 117 Å². The molecule has 0 radical (unpaired) electrons. The van der Waals surface area contributed by atoms with Crippen molar-refractivity contribution in [2.45, 2.75) is 89.0 Å². The van der Waals surface area contributed by atoms with Gasteiger partial charge in [0.05, 0.1) is 11.1 Å². The number of hydrogen-bond acceptors (Lipinski definition) is 17. The molecule has 2 aliphatic rings. The molecule has 0 bridgehead atoms. The van der Waals surface area contributed by atoms with Crippen LogP contribution in [0.1, 0.15) is 48.4 Å². The predicted molar refractivity (Wildman–Crippen MR) is 178 cm³/mol. The summed E-state index contributed by atoms with van der Waals surface area (Å²) in [6, 6.07) is 14.3. The number of methoxy groups -OCH3 is 1. The summed E-state index contributed by atoms with van der Waals surface area (Å²) in [5.41, 5.74) is 9.84. The molecule has 4 rings (SSSR count). The summed E-state index contributed by atoms with van der Waals surface area (Å²) < 4.78 is 57.2. The second-order valence-electron chi connectivity index (χ2n) is 11.8. The fraction of sp³-hybridized carbons (Fsp3) is 0.486. The van der Waals surface area contributed by atoms with Crippen molar-refractivity contribution >= 4 is 35.8 Å². The molecule has 0 aliphatic carbocycles. The van der Waals surface area contributed by atoms with Crippen LogP contribution in [0.3, 0.4) is 0 Å². The second-order valence-corrected chi connectivity index (χ2v) is 11.8. The molecule has 10 atom stereocenters. The fourth-order valence-electron chi connectivity index (χ4n) is 5.74. The van der Waals surface area contributed by atoms with E-state index in [0.717, 1.165) is 27.7 Å². The highest BCUT2D eigenvalue weighted by molar-refractivity contribution is 5.90. The van der Waals surface area contributed by atoms with Gasteiger partial charge in [-0.05, 0) is 29.8 Å². The number of azide groups is 1. The Morgan fingerprint density at radius 1 is 0.611 bits per heavy atom. The van der Waals surface area contributed by atoms with E-state index >= 15 is 0 Å². The molecule has 0 amide bonds. The highest BCUT2D eigenvalue weighted by Gasteiger charge is 2.57. The molecule has 2 aromatic rings. The van der Waals surface area contributed by atoms with Gasteiger partial charge in [-0.25, -0.2) is 9.59 Å². The van der Waals surface area contributed by atoms with E-state index in [0.29, 0.717) is 0 Å². The van der Waals surface area contributed by atoms with E-state index in [1.165, 1.54) is 31.4 Å². The van der Waals surface area contributed by atoms with Crippen LogP contribution >= 0.6 is 0 Å². The van der Waals surface area contributed by atoms with E-state index < -0.39 is 110 Å². The van der Waals surface area contributed by atoms with Crippen LogP contribution in [0.15, 0.2) is 65.8 Å². The Kier molecular flexibility index (Phi) is 14.8. The first-order valence-electron chi connectivity index (χ1n) is 16.5. The predicted octanol–water partition coefficient (Wildman–Crippen LogP) is 2.59. The van der Waals surface area contributed by atoms with Crippen molar-refractivity contribution in [3.8, 4) is 0 Å². The smallest absolute Gasteiger partial charge is 0.338 e. The number of nitrogens with zero attached hydrogens (tertiary/aromatic N) is 3. The number of carbonyl (C=O) groups excluding carboxylic acids is 6. The molecule has 0 saturated carbocycles. The maximum atomic E-state index is 13.5. The van der Waals surface area contributed by atoms with Crippen molar-refractivity contribution in [2.75, 3.05) is 20.3 Å². The number of hydrogen-bond donors (Lipinski definition) is 0. The highest BCUT2D eigenvalue weighted by Crippen LogP contribution is 2.35. The van der Waals surface area contributed by atoms with E-state index in [4.69, 9.17) is 47.4 Å². The first kappa shape index (κ1) is 41.2. The van der Waals surface area contributed by atoms with Gasteiger partial charge in [-0.2, -0.15) is 0 Å². The van der Waals surface area contributed by atoms with E-state index in [9.17, 15) is 34.3 Å². The van der Waals surface area contributed by atoms with Gasteiger partial charge in [0.25, 0.3) is 0 Å². The zero-order valence-corrected chi connectivity index (χ0v) is 29.8. The lowest BCUT2D eigenvalue weighted by molar-refractivity contribution is -0.346. The van der Waals surface area contributed by atoms with Gasteiger partial charge in [-0.15, -0.1) is 0 Å². The number of carbonyl (C=O) groups is 6. The topological polar surface area (TPSA) is 243 Å². The molecule has 2 aromatic carbocycles. The maximum Gasteiger partial charge on any atom is 0.338 e. The van der Waals surface area contributed by atoms with E-state index in [1.54, 1.807) is 36.4 Å². The zero-order chi connectivity index (χ0) is 39.4. The minimum Gasteiger partial charge on any atom is -0.463 e. The number of esters is 6. The number of ether oxygens (including phenoxy) is 10. The second kappa shape index (κ2) is 19.5. The van der Waals surface area contributed by atoms with Crippen molar-refractivity contribution in [1.82, 2.24) is 0 Å². The molecule has 0 aromatic heterocycles. The Balaban J connectivity index is 1.83. The van der Waals surface area contributed by atoms with Gasteiger partial charge in [-0.1, -0.05) is 41.5 Å². The largest absolute Gasteiger partial charge is 0.463 e. The monoisotopic (exact) mass is 757 g/mol. The quantitative estimate of drug-likeness (QED) is 0.0884. The molecule has 0 N–H and O–H groups in total. The van der Waals surface area contributed by atoms with Crippen LogP contribution in [0, 0.1) is 0 Å². The summed E-state index contributed by atoms with van der Waals surface area (Å²) in [6.45, 7) is 3.10. The van der Waals surface area contributed by atoms with Gasteiger partial charge in [-0.3, -0.25) is 19.2 Å². The Morgan fingerprint density at radius 2 is 1.11 bits per heavy atom. The lowest BCUT2D eigenvalue weighted by Crippen LogP contribution is -2.66. The molecule has 290 valence electrons. The van der Waals surface area contributed by atoms with E-state index in [2.05, 4.69) is 10.0 Å². The summed E-state index contributed by atoms with van der Waals surface area (Å²) in [5.74, 6) is -5.08. The third-order valence-corrected chi connectivity index (χ3v) is 7.91. The molecular weight excluding hydrogens is 718 g/mol. The van der Waals surface area contributed by atoms with Crippen LogP contribution in [0.2, 0.25) is 0 Å². The summed E-state index contributed by atoms with van der Waals surface area (Å²) in [6.07, 6.45) is -14.1. The SMILES string of the molecule is CO[C@H]1O[C@H](COC(=O)c2ccccc2)[C@@H](O[C@@H]2O[C@H](COC(C)=O)[C@H](OC(C)=O)[C@H](OC(C)=O)[C@H]2OC(C)=O)[C@H](OC(=O)c2ccccc2)[C@@H]1N=[N+]=[N-]. The minimum absolute atomic E-state index is 0.0933. The summed E-state index contributed by atoms with van der Waals surface area (Å²) in [4.78, 5) is 78.4. The lowest BCUT2D eigenvalue weighted by Gasteiger charge is -2.48. The fourth-order valence-corrected chi connectivity index (χ4v) is 5.74. The van der Waals surface area contributed by atoms with Gasteiger partial charge >= 0.3 is 35.8 Å². The van der Waals surface area contributed by atoms with Crippen molar-refractivity contribution < 1.29 is 76.1 Å². The molecule has 19 nitrogen and oxygen atoms in total. The van der Waals surface area contributed by atoms with Crippen molar-refractivity contribution in [1.29, 1.82) is 0 Å². The first-order valence-corrected chi connectivity index (χ1v) is 16.5. The molecular formula is C35H39N3O16. The molecule has 19 heteroatoms. The van der Waals surface area contributed by atoms with Gasteiger partial charge < -0.3 is 47.4 Å². The molecule has 0 unspecified atom stereocenters. The van der Waals surface area contributed by atoms with Gasteiger partial charge in [0.15, 0.2) is 30.9 Å². The molecule has 2 fully saturated rings. The van der Waals surface area contributed by atoms with Crippen LogP contribution < -0.4 is 0 Å². The Hall–Kier alpha value is -5.59. The van der Waals surface area contributed by atoms with Gasteiger partial charge in [0.2, 0.25) is 0 Å². The zero-order valence-electron chi connectivity index (χ0n) is 29.8. The maximum absolute atomic E-state index is 13.5. The Morgan fingerprint density at radius 3 is 1.65 bits per heavy atom. The molecule has 54 heavy (non-hydrogen) atoms. The van der Waals surface area contributed by atoms with Crippen LogP contribution in [0.25, 0.3) is 10.4 Å². The number of benzene rings is 2. The molecule has 2 saturated heterocycles. The normalized spacial score (nSPS) is 27.6. The van der Waals surface area contributed by atoms with E-state index in [1.807, 2.05) is 0 Å². The summed E-state index contributed by atoms with van der Waals surface area (Å²) >= 11 is 0. The van der Waals surface area contributed by atoms with E-state index in [-0.39, 0.29) is 11.1 Å². The Labute approximate surface area is 308 Å². The standard InChI is InChI=1S/C35H39N3O16/c1-18(39)46-16-24-28(48-19(2)40)30(49-20(3)41)31(50-21(4)42)35(52-24)54-27-25(17-47-32(43)22-12-8-6-9-13-22)51-34(45-5)26(37-38-36)29(27)53-33(44)23-14-10-7-11-15-23/h6-15,24-31,34-35H,16-17H2,1-5H3/t24-,25-,26+,27-,28+,29-,30+,31-,34+,35+/m1/s1.